The minimum absolute atomic E-state index is 0.105. The number of carbonyl (C=O) groups is 1. The molecule has 0 aromatic heterocycles. The highest BCUT2D eigenvalue weighted by Gasteiger charge is 2.57. The lowest BCUT2D eigenvalue weighted by Gasteiger charge is -2.50. The maximum atomic E-state index is 13.6. The maximum absolute atomic E-state index is 13.6. The molecule has 4 aromatic carbocycles. The Balaban J connectivity index is 1.50. The summed E-state index contributed by atoms with van der Waals surface area (Å²) in [5, 5.41) is 0. The van der Waals surface area contributed by atoms with Gasteiger partial charge in [0.1, 0.15) is 24.0 Å². The van der Waals surface area contributed by atoms with Crippen LogP contribution in [0.3, 0.4) is 0 Å². The topological polar surface area (TPSA) is 101 Å². The molecule has 5 rings (SSSR count). The molecular formula is C35H37NO8S. The van der Waals surface area contributed by atoms with E-state index in [4.69, 9.17) is 23.1 Å². The molecule has 1 aliphatic rings. The van der Waals surface area contributed by atoms with E-state index in [1.165, 1.54) is 4.90 Å². The second kappa shape index (κ2) is 15.3. The zero-order valence-electron chi connectivity index (χ0n) is 25.2. The summed E-state index contributed by atoms with van der Waals surface area (Å²) in [6.45, 7) is 0.856. The molecule has 0 aliphatic carbocycles. The molecule has 1 fully saturated rings. The van der Waals surface area contributed by atoms with Crippen molar-refractivity contribution in [1.29, 1.82) is 0 Å². The molecule has 0 unspecified atom stereocenters. The zero-order valence-corrected chi connectivity index (χ0v) is 26.0. The number of carbonyl (C=O) groups excluding carboxylic acids is 1. The van der Waals surface area contributed by atoms with Crippen LogP contribution in [-0.2, 0) is 53.1 Å². The van der Waals surface area contributed by atoms with Gasteiger partial charge in [-0.05, 0) is 41.0 Å². The maximum Gasteiger partial charge on any atom is 0.265 e. The fourth-order valence-corrected chi connectivity index (χ4v) is 5.78. The van der Waals surface area contributed by atoms with Gasteiger partial charge in [-0.1, -0.05) is 91.0 Å². The lowest BCUT2D eigenvalue weighted by molar-refractivity contribution is -0.159. The van der Waals surface area contributed by atoms with Crippen LogP contribution < -0.4 is 9.64 Å². The smallest absolute Gasteiger partial charge is 0.265 e. The van der Waals surface area contributed by atoms with Crippen molar-refractivity contribution < 1.29 is 36.3 Å². The molecule has 4 aromatic rings. The highest BCUT2D eigenvalue weighted by molar-refractivity contribution is 7.86. The highest BCUT2D eigenvalue weighted by atomic mass is 32.2. The molecule has 4 atom stereocenters. The van der Waals surface area contributed by atoms with Crippen molar-refractivity contribution in [2.24, 2.45) is 0 Å². The Hall–Kier alpha value is -4.06. The first kappa shape index (κ1) is 32.3. The number of methoxy groups -OCH3 is 1. The van der Waals surface area contributed by atoms with Gasteiger partial charge in [-0.3, -0.25) is 8.98 Å². The van der Waals surface area contributed by atoms with E-state index < -0.39 is 40.4 Å². The molecule has 45 heavy (non-hydrogen) atoms. The third kappa shape index (κ3) is 8.78. The monoisotopic (exact) mass is 631 g/mol. The first-order valence-corrected chi connectivity index (χ1v) is 16.4. The number of nitrogens with zero attached hydrogens (tertiary/aromatic N) is 1. The van der Waals surface area contributed by atoms with Gasteiger partial charge in [-0.15, -0.1) is 0 Å². The molecule has 0 spiro atoms. The van der Waals surface area contributed by atoms with Crippen molar-refractivity contribution in [2.75, 3.05) is 24.9 Å². The Kier molecular flexibility index (Phi) is 11.0. The Morgan fingerprint density at radius 3 is 1.73 bits per heavy atom. The van der Waals surface area contributed by atoms with Crippen LogP contribution in [-0.4, -0.2) is 58.7 Å². The van der Waals surface area contributed by atoms with E-state index in [1.807, 2.05) is 91.0 Å². The second-order valence-electron chi connectivity index (χ2n) is 10.7. The molecule has 1 saturated heterocycles. The van der Waals surface area contributed by atoms with E-state index in [2.05, 4.69) is 0 Å². The number of hydrogen-bond acceptors (Lipinski definition) is 8. The van der Waals surface area contributed by atoms with Crippen LogP contribution in [0.15, 0.2) is 115 Å². The summed E-state index contributed by atoms with van der Waals surface area (Å²) >= 11 is 0. The first-order valence-electron chi connectivity index (χ1n) is 14.6. The van der Waals surface area contributed by atoms with Crippen LogP contribution in [0.5, 0.6) is 5.75 Å². The minimum Gasteiger partial charge on any atom is -0.497 e. The summed E-state index contributed by atoms with van der Waals surface area (Å²) < 4.78 is 54.7. The Bertz CT molecular complexity index is 1600. The number of ether oxygens (including phenoxy) is 4. The number of amides is 1. The predicted octanol–water partition coefficient (Wildman–Crippen LogP) is 5.14. The summed E-state index contributed by atoms with van der Waals surface area (Å²) in [5.74, 6) is 0.110. The van der Waals surface area contributed by atoms with E-state index in [9.17, 15) is 13.2 Å². The third-order valence-electron chi connectivity index (χ3n) is 7.41. The number of anilines is 1. The van der Waals surface area contributed by atoms with Crippen LogP contribution in [0, 0.1) is 0 Å². The lowest BCUT2D eigenvalue weighted by Crippen LogP contribution is -2.73. The van der Waals surface area contributed by atoms with E-state index in [0.29, 0.717) is 18.0 Å². The summed E-state index contributed by atoms with van der Waals surface area (Å²) in [7, 11) is -2.44. The molecular weight excluding hydrogens is 594 g/mol. The summed E-state index contributed by atoms with van der Waals surface area (Å²) in [6.07, 6.45) is -1.96. The number of hydrogen-bond donors (Lipinski definition) is 0. The van der Waals surface area contributed by atoms with Gasteiger partial charge in [0.2, 0.25) is 0 Å². The van der Waals surface area contributed by atoms with Crippen LogP contribution in [0.25, 0.3) is 0 Å². The van der Waals surface area contributed by atoms with Crippen molar-refractivity contribution in [1.82, 2.24) is 0 Å². The fourth-order valence-electron chi connectivity index (χ4n) is 5.21. The zero-order chi connectivity index (χ0) is 31.6. The fraction of sp³-hybridized carbons (Fsp3) is 0.286. The van der Waals surface area contributed by atoms with Gasteiger partial charge in [0.15, 0.2) is 6.10 Å². The van der Waals surface area contributed by atoms with Crippen molar-refractivity contribution >= 4 is 21.7 Å². The van der Waals surface area contributed by atoms with Gasteiger partial charge in [0, 0.05) is 5.69 Å². The van der Waals surface area contributed by atoms with E-state index in [0.717, 1.165) is 22.9 Å². The lowest BCUT2D eigenvalue weighted by atomic mass is 9.88. The molecule has 0 bridgehead atoms. The molecule has 0 N–H and O–H groups in total. The van der Waals surface area contributed by atoms with Gasteiger partial charge >= 0.3 is 0 Å². The standard InChI is InChI=1S/C35H37NO8S/c1-40-30-20-18-29(19-21-30)36-32(34(35(36)37)44-45(2,38)39)33(43-24-28-16-10-5-11-17-28)31(42-23-27-14-8-4-9-15-27)25-41-22-26-12-6-3-7-13-26/h3-21,31-34H,22-25H2,1-2H3/t31-,32+,33-,34-/m1/s1. The van der Waals surface area contributed by atoms with E-state index in [-0.39, 0.29) is 19.8 Å². The normalized spacial score (nSPS) is 17.8. The van der Waals surface area contributed by atoms with Crippen LogP contribution >= 0.6 is 0 Å². The quantitative estimate of drug-likeness (QED) is 0.124. The average molecular weight is 632 g/mol. The van der Waals surface area contributed by atoms with Crippen LogP contribution in [0.2, 0.25) is 0 Å². The van der Waals surface area contributed by atoms with Gasteiger partial charge in [0.25, 0.3) is 16.0 Å². The highest BCUT2D eigenvalue weighted by Crippen LogP contribution is 2.37. The molecule has 10 heteroatoms. The van der Waals surface area contributed by atoms with Gasteiger partial charge in [0.05, 0.1) is 39.8 Å². The van der Waals surface area contributed by atoms with Crippen molar-refractivity contribution in [2.45, 2.75) is 44.2 Å². The first-order chi connectivity index (χ1) is 21.8. The van der Waals surface area contributed by atoms with Crippen molar-refractivity contribution in [3.8, 4) is 5.75 Å². The third-order valence-corrected chi connectivity index (χ3v) is 7.96. The van der Waals surface area contributed by atoms with E-state index in [1.54, 1.807) is 31.4 Å². The SMILES string of the molecule is COc1ccc(N2C(=O)[C@H](OS(C)(=O)=O)[C@@H]2[C@H](OCc2ccccc2)[C@@H](COCc2ccccc2)OCc2ccccc2)cc1. The predicted molar refractivity (Wildman–Crippen MR) is 170 cm³/mol. The molecule has 9 nitrogen and oxygen atoms in total. The largest absolute Gasteiger partial charge is 0.497 e. The van der Waals surface area contributed by atoms with Crippen molar-refractivity contribution in [3.05, 3.63) is 132 Å². The Morgan fingerprint density at radius 2 is 1.22 bits per heavy atom. The molecule has 1 aliphatic heterocycles. The number of benzene rings is 4. The van der Waals surface area contributed by atoms with Crippen LogP contribution in [0.4, 0.5) is 5.69 Å². The summed E-state index contributed by atoms with van der Waals surface area (Å²) in [6, 6.07) is 35.1. The second-order valence-corrected chi connectivity index (χ2v) is 12.3. The summed E-state index contributed by atoms with van der Waals surface area (Å²) in [5.41, 5.74) is 3.36. The molecule has 1 heterocycles. The van der Waals surface area contributed by atoms with Gasteiger partial charge in [-0.25, -0.2) is 0 Å². The Labute approximate surface area is 264 Å². The van der Waals surface area contributed by atoms with Crippen molar-refractivity contribution in [3.63, 3.8) is 0 Å². The Morgan fingerprint density at radius 1 is 0.711 bits per heavy atom. The minimum atomic E-state index is -4.00. The van der Waals surface area contributed by atoms with Gasteiger partial charge in [-0.2, -0.15) is 8.42 Å². The molecule has 0 saturated carbocycles. The molecule has 1 amide bonds. The molecule has 236 valence electrons. The van der Waals surface area contributed by atoms with Gasteiger partial charge < -0.3 is 23.8 Å². The number of rotatable bonds is 16. The molecule has 0 radical (unpaired) electrons. The average Bonchev–Trinajstić information content (AvgIpc) is 3.06. The van der Waals surface area contributed by atoms with Crippen LogP contribution in [0.1, 0.15) is 16.7 Å². The van der Waals surface area contributed by atoms with E-state index >= 15 is 0 Å². The summed E-state index contributed by atoms with van der Waals surface area (Å²) in [4.78, 5) is 15.1. The number of β-lactam (4-membered cyclic amide) rings is 1.